The van der Waals surface area contributed by atoms with Crippen LogP contribution in [0, 0.1) is 12.8 Å². The number of carbonyl (C=O) groups is 1. The topological polar surface area (TPSA) is 73.0 Å². The molecule has 8 heteroatoms. The van der Waals surface area contributed by atoms with Crippen molar-refractivity contribution < 1.29 is 13.2 Å². The van der Waals surface area contributed by atoms with Gasteiger partial charge < -0.3 is 15.1 Å². The van der Waals surface area contributed by atoms with Crippen LogP contribution in [0.2, 0.25) is 0 Å². The standard InChI is InChI=1S/C22H36N4O3S/c1-18-7-11-25(12-8-18)10-4-9-23-22(27)20-6-5-19(2)21(17-20)30(28,29)26-15-13-24(3)14-16-26/h5-6,17-18H,4,7-16H2,1-3H3,(H,23,27). The lowest BCUT2D eigenvalue weighted by Gasteiger charge is -2.32. The summed E-state index contributed by atoms with van der Waals surface area (Å²) in [6.45, 7) is 10.3. The molecular formula is C22H36N4O3S. The van der Waals surface area contributed by atoms with Gasteiger partial charge in [-0.25, -0.2) is 8.42 Å². The highest BCUT2D eigenvalue weighted by Crippen LogP contribution is 2.22. The van der Waals surface area contributed by atoms with Gasteiger partial charge in [-0.1, -0.05) is 13.0 Å². The number of carbonyl (C=O) groups excluding carboxylic acids is 1. The van der Waals surface area contributed by atoms with Crippen molar-refractivity contribution >= 4 is 15.9 Å². The molecule has 0 radical (unpaired) electrons. The zero-order valence-electron chi connectivity index (χ0n) is 18.6. The smallest absolute Gasteiger partial charge is 0.251 e. The molecule has 3 rings (SSSR count). The van der Waals surface area contributed by atoms with E-state index in [1.54, 1.807) is 19.1 Å². The second kappa shape index (κ2) is 10.2. The van der Waals surface area contributed by atoms with Gasteiger partial charge in [-0.2, -0.15) is 4.31 Å². The zero-order valence-corrected chi connectivity index (χ0v) is 19.4. The van der Waals surface area contributed by atoms with Gasteiger partial charge in [0.2, 0.25) is 10.0 Å². The van der Waals surface area contributed by atoms with Crippen molar-refractivity contribution in [1.82, 2.24) is 19.4 Å². The van der Waals surface area contributed by atoms with Gasteiger partial charge in [-0.3, -0.25) is 4.79 Å². The molecule has 2 aliphatic rings. The number of piperazine rings is 1. The third kappa shape index (κ3) is 5.81. The highest BCUT2D eigenvalue weighted by Gasteiger charge is 2.29. The van der Waals surface area contributed by atoms with Gasteiger partial charge in [0.1, 0.15) is 0 Å². The van der Waals surface area contributed by atoms with E-state index < -0.39 is 10.0 Å². The Morgan fingerprint density at radius 1 is 1.10 bits per heavy atom. The van der Waals surface area contributed by atoms with Crippen LogP contribution in [-0.2, 0) is 10.0 Å². The molecule has 0 aromatic heterocycles. The second-order valence-corrected chi connectivity index (χ2v) is 10.7. The molecule has 2 heterocycles. The first kappa shape index (κ1) is 23.2. The zero-order chi connectivity index (χ0) is 21.7. The summed E-state index contributed by atoms with van der Waals surface area (Å²) in [6.07, 6.45) is 3.40. The number of piperidine rings is 1. The average Bonchev–Trinajstić information content (AvgIpc) is 2.73. The molecule has 1 amide bonds. The number of benzene rings is 1. The minimum absolute atomic E-state index is 0.211. The van der Waals surface area contributed by atoms with Gasteiger partial charge in [0.25, 0.3) is 5.91 Å². The van der Waals surface area contributed by atoms with Gasteiger partial charge in [0.05, 0.1) is 4.90 Å². The van der Waals surface area contributed by atoms with Crippen molar-refractivity contribution in [3.8, 4) is 0 Å². The van der Waals surface area contributed by atoms with Crippen LogP contribution in [0.15, 0.2) is 23.1 Å². The summed E-state index contributed by atoms with van der Waals surface area (Å²) in [5.41, 5.74) is 1.07. The molecule has 0 spiro atoms. The van der Waals surface area contributed by atoms with E-state index in [0.29, 0.717) is 43.9 Å². The van der Waals surface area contributed by atoms with E-state index in [4.69, 9.17) is 0 Å². The highest BCUT2D eigenvalue weighted by atomic mass is 32.2. The van der Waals surface area contributed by atoms with E-state index in [1.807, 2.05) is 7.05 Å². The number of hydrogen-bond donors (Lipinski definition) is 1. The fourth-order valence-corrected chi connectivity index (χ4v) is 5.75. The van der Waals surface area contributed by atoms with Crippen LogP contribution in [0.1, 0.15) is 42.1 Å². The number of sulfonamides is 1. The third-order valence-corrected chi connectivity index (χ3v) is 8.38. The Balaban J connectivity index is 1.56. The van der Waals surface area contributed by atoms with E-state index in [1.165, 1.54) is 23.2 Å². The number of likely N-dealkylation sites (N-methyl/N-ethyl adjacent to an activating group) is 1. The van der Waals surface area contributed by atoms with Crippen molar-refractivity contribution in [2.45, 2.75) is 38.0 Å². The summed E-state index contributed by atoms with van der Waals surface area (Å²) < 4.78 is 27.8. The maximum atomic E-state index is 13.1. The fraction of sp³-hybridized carbons (Fsp3) is 0.682. The summed E-state index contributed by atoms with van der Waals surface area (Å²) in [6, 6.07) is 4.97. The summed E-state index contributed by atoms with van der Waals surface area (Å²) in [5.74, 6) is 0.607. The van der Waals surface area contributed by atoms with Crippen molar-refractivity contribution in [1.29, 1.82) is 0 Å². The van der Waals surface area contributed by atoms with E-state index >= 15 is 0 Å². The number of hydrogen-bond acceptors (Lipinski definition) is 5. The van der Waals surface area contributed by atoms with Crippen LogP contribution in [0.5, 0.6) is 0 Å². The van der Waals surface area contributed by atoms with Crippen LogP contribution in [0.3, 0.4) is 0 Å². The van der Waals surface area contributed by atoms with Gasteiger partial charge >= 0.3 is 0 Å². The van der Waals surface area contributed by atoms with Crippen LogP contribution < -0.4 is 5.32 Å². The molecule has 7 nitrogen and oxygen atoms in total. The fourth-order valence-electron chi connectivity index (χ4n) is 4.08. The third-order valence-electron chi connectivity index (χ3n) is 6.34. The lowest BCUT2D eigenvalue weighted by molar-refractivity contribution is 0.0950. The molecule has 0 unspecified atom stereocenters. The molecule has 1 aromatic carbocycles. The lowest BCUT2D eigenvalue weighted by Crippen LogP contribution is -2.47. The quantitative estimate of drug-likeness (QED) is 0.660. The molecule has 0 saturated carbocycles. The molecule has 30 heavy (non-hydrogen) atoms. The van der Waals surface area contributed by atoms with E-state index in [9.17, 15) is 13.2 Å². The molecule has 2 saturated heterocycles. The first-order chi connectivity index (χ1) is 14.3. The van der Waals surface area contributed by atoms with Crippen molar-refractivity contribution in [2.24, 2.45) is 5.92 Å². The number of likely N-dealkylation sites (tertiary alicyclic amines) is 1. The summed E-state index contributed by atoms with van der Waals surface area (Å²) in [4.78, 5) is 17.4. The summed E-state index contributed by atoms with van der Waals surface area (Å²) in [5, 5.41) is 2.95. The maximum absolute atomic E-state index is 13.1. The monoisotopic (exact) mass is 436 g/mol. The normalized spacial score (nSPS) is 20.4. The Morgan fingerprint density at radius 2 is 1.77 bits per heavy atom. The van der Waals surface area contributed by atoms with Gasteiger partial charge in [-0.05, 0) is 76.5 Å². The van der Waals surface area contributed by atoms with Crippen molar-refractivity contribution in [2.75, 3.05) is 59.4 Å². The van der Waals surface area contributed by atoms with Gasteiger partial charge in [0.15, 0.2) is 0 Å². The SMILES string of the molecule is Cc1ccc(C(=O)NCCCN2CCC(C)CC2)cc1S(=O)(=O)N1CCN(C)CC1. The lowest BCUT2D eigenvalue weighted by atomic mass is 9.99. The largest absolute Gasteiger partial charge is 0.352 e. The summed E-state index contributed by atoms with van der Waals surface area (Å²) >= 11 is 0. The predicted octanol–water partition coefficient (Wildman–Crippen LogP) is 1.78. The number of nitrogens with one attached hydrogen (secondary N) is 1. The van der Waals surface area contributed by atoms with Gasteiger partial charge in [-0.15, -0.1) is 0 Å². The van der Waals surface area contributed by atoms with Crippen LogP contribution in [0.4, 0.5) is 0 Å². The Bertz CT molecular complexity index is 827. The van der Waals surface area contributed by atoms with Crippen molar-refractivity contribution in [3.63, 3.8) is 0 Å². The highest BCUT2D eigenvalue weighted by molar-refractivity contribution is 7.89. The average molecular weight is 437 g/mol. The van der Waals surface area contributed by atoms with Gasteiger partial charge in [0, 0.05) is 38.3 Å². The predicted molar refractivity (Wildman–Crippen MR) is 119 cm³/mol. The minimum atomic E-state index is -3.60. The van der Waals surface area contributed by atoms with E-state index in [-0.39, 0.29) is 10.8 Å². The molecule has 0 aliphatic carbocycles. The van der Waals surface area contributed by atoms with Crippen LogP contribution in [0.25, 0.3) is 0 Å². The van der Waals surface area contributed by atoms with Crippen LogP contribution in [-0.4, -0.2) is 87.8 Å². The Hall–Kier alpha value is -1.48. The maximum Gasteiger partial charge on any atom is 0.251 e. The number of rotatable bonds is 7. The number of nitrogens with zero attached hydrogens (tertiary/aromatic N) is 3. The van der Waals surface area contributed by atoms with Crippen LogP contribution >= 0.6 is 0 Å². The van der Waals surface area contributed by atoms with Crippen molar-refractivity contribution in [3.05, 3.63) is 29.3 Å². The number of aryl methyl sites for hydroxylation is 1. The second-order valence-electron chi connectivity index (χ2n) is 8.82. The van der Waals surface area contributed by atoms with E-state index in [0.717, 1.165) is 32.0 Å². The first-order valence-electron chi connectivity index (χ1n) is 11.1. The number of amides is 1. The molecular weight excluding hydrogens is 400 g/mol. The molecule has 1 N–H and O–H groups in total. The molecule has 2 fully saturated rings. The van der Waals surface area contributed by atoms with E-state index in [2.05, 4.69) is 22.0 Å². The molecule has 0 atom stereocenters. The Labute approximate surface area is 181 Å². The summed E-state index contributed by atoms with van der Waals surface area (Å²) in [7, 11) is -1.60. The first-order valence-corrected chi connectivity index (χ1v) is 12.5. The Morgan fingerprint density at radius 3 is 2.43 bits per heavy atom. The molecule has 168 valence electrons. The minimum Gasteiger partial charge on any atom is -0.352 e. The molecule has 0 bridgehead atoms. The Kier molecular flexibility index (Phi) is 7.90. The molecule has 2 aliphatic heterocycles. The molecule has 1 aromatic rings.